The molecule has 0 unspecified atom stereocenters. The Labute approximate surface area is 188 Å². The molecule has 0 atom stereocenters. The molecule has 0 radical (unpaired) electrons. The summed E-state index contributed by atoms with van der Waals surface area (Å²) in [4.78, 5) is 11.1. The smallest absolute Gasteiger partial charge is 0.173 e. The van der Waals surface area contributed by atoms with Gasteiger partial charge in [-0.2, -0.15) is 0 Å². The van der Waals surface area contributed by atoms with E-state index < -0.39 is 0 Å². The third-order valence-corrected chi connectivity index (χ3v) is 4.90. The van der Waals surface area contributed by atoms with E-state index in [1.54, 1.807) is 0 Å². The lowest BCUT2D eigenvalue weighted by Gasteiger charge is -2.16. The molecule has 0 N–H and O–H groups in total. The number of aldehydes is 1. The summed E-state index contributed by atoms with van der Waals surface area (Å²) in [6, 6.07) is 33.0. The summed E-state index contributed by atoms with van der Waals surface area (Å²) < 4.78 is 18.2. The number of rotatable bonds is 10. The average Bonchev–Trinajstić information content (AvgIpc) is 2.85. The van der Waals surface area contributed by atoms with E-state index in [4.69, 9.17) is 14.2 Å². The van der Waals surface area contributed by atoms with Crippen molar-refractivity contribution < 1.29 is 19.0 Å². The second-order valence-corrected chi connectivity index (χ2v) is 7.24. The van der Waals surface area contributed by atoms with Gasteiger partial charge in [-0.1, -0.05) is 78.9 Å². The van der Waals surface area contributed by atoms with E-state index in [0.29, 0.717) is 36.2 Å². The molecular weight excluding hydrogens is 400 g/mol. The second kappa shape index (κ2) is 10.8. The topological polar surface area (TPSA) is 44.8 Å². The van der Waals surface area contributed by atoms with Crippen LogP contribution in [0.15, 0.2) is 103 Å². The Bertz CT molecular complexity index is 1140. The van der Waals surface area contributed by atoms with Crippen molar-refractivity contribution >= 4 is 6.29 Å². The second-order valence-electron chi connectivity index (χ2n) is 7.24. The molecule has 0 aliphatic carbocycles. The van der Waals surface area contributed by atoms with E-state index in [1.807, 2.05) is 103 Å². The van der Waals surface area contributed by atoms with E-state index in [1.165, 1.54) is 0 Å². The molecule has 160 valence electrons. The van der Waals surface area contributed by atoms with Crippen LogP contribution < -0.4 is 14.2 Å². The van der Waals surface area contributed by atoms with Crippen molar-refractivity contribution in [2.45, 2.75) is 19.6 Å². The number of hydrogen-bond acceptors (Lipinski definition) is 4. The molecule has 0 saturated heterocycles. The highest BCUT2D eigenvalue weighted by molar-refractivity contribution is 5.58. The van der Waals surface area contributed by atoms with Crippen LogP contribution in [0.1, 0.15) is 16.7 Å². The van der Waals surface area contributed by atoms with Crippen LogP contribution in [-0.2, 0) is 24.4 Å². The van der Waals surface area contributed by atoms with Gasteiger partial charge in [-0.05, 0) is 29.3 Å². The molecule has 0 spiro atoms. The normalized spacial score (nSPS) is 10.4. The fourth-order valence-corrected chi connectivity index (χ4v) is 3.23. The summed E-state index contributed by atoms with van der Waals surface area (Å²) in [5.41, 5.74) is 2.95. The van der Waals surface area contributed by atoms with Crippen molar-refractivity contribution in [3.8, 4) is 23.0 Å². The maximum Gasteiger partial charge on any atom is 0.173 e. The molecular formula is C28H24O4. The van der Waals surface area contributed by atoms with Crippen molar-refractivity contribution in [2.24, 2.45) is 0 Å². The Morgan fingerprint density at radius 2 is 1.22 bits per heavy atom. The SMILES string of the molecule is O=CCc1ccccc1Oc1cc(OCc2ccccc2)ccc1OCc1ccccc1. The molecule has 0 aliphatic heterocycles. The first-order chi connectivity index (χ1) is 15.8. The van der Waals surface area contributed by atoms with Gasteiger partial charge in [-0.3, -0.25) is 0 Å². The molecule has 4 rings (SSSR count). The molecule has 0 aromatic heterocycles. The molecule has 4 heteroatoms. The van der Waals surface area contributed by atoms with Crippen molar-refractivity contribution in [3.05, 3.63) is 120 Å². The van der Waals surface area contributed by atoms with Gasteiger partial charge in [0.1, 0.15) is 31.0 Å². The fourth-order valence-electron chi connectivity index (χ4n) is 3.23. The van der Waals surface area contributed by atoms with E-state index in [9.17, 15) is 4.79 Å². The zero-order valence-electron chi connectivity index (χ0n) is 17.6. The highest BCUT2D eigenvalue weighted by Crippen LogP contribution is 2.37. The number of carbonyl (C=O) groups excluding carboxylic acids is 1. The predicted molar refractivity (Wildman–Crippen MR) is 124 cm³/mol. The summed E-state index contributed by atoms with van der Waals surface area (Å²) in [6.07, 6.45) is 1.15. The summed E-state index contributed by atoms with van der Waals surface area (Å²) in [7, 11) is 0. The van der Waals surface area contributed by atoms with E-state index in [-0.39, 0.29) is 6.42 Å². The minimum absolute atomic E-state index is 0.278. The molecule has 4 aromatic carbocycles. The van der Waals surface area contributed by atoms with E-state index in [2.05, 4.69) is 0 Å². The third-order valence-electron chi connectivity index (χ3n) is 4.90. The maximum atomic E-state index is 11.1. The molecule has 0 bridgehead atoms. The first kappa shape index (κ1) is 21.2. The van der Waals surface area contributed by atoms with Gasteiger partial charge in [0.05, 0.1) is 0 Å². The Balaban J connectivity index is 1.57. The van der Waals surface area contributed by atoms with Gasteiger partial charge in [0.15, 0.2) is 11.5 Å². The van der Waals surface area contributed by atoms with Gasteiger partial charge in [-0.15, -0.1) is 0 Å². The largest absolute Gasteiger partial charge is 0.489 e. The monoisotopic (exact) mass is 424 g/mol. The first-order valence-electron chi connectivity index (χ1n) is 10.5. The molecule has 4 aromatic rings. The van der Waals surface area contributed by atoms with Crippen LogP contribution in [0.3, 0.4) is 0 Å². The molecule has 32 heavy (non-hydrogen) atoms. The lowest BCUT2D eigenvalue weighted by Crippen LogP contribution is -2.00. The number of carbonyl (C=O) groups is 1. The standard InChI is InChI=1S/C28H24O4/c29-18-17-24-13-7-8-14-26(24)32-28-19-25(30-20-22-9-3-1-4-10-22)15-16-27(28)31-21-23-11-5-2-6-12-23/h1-16,18-19H,17,20-21H2. The minimum Gasteiger partial charge on any atom is -0.489 e. The van der Waals surface area contributed by atoms with Gasteiger partial charge < -0.3 is 19.0 Å². The van der Waals surface area contributed by atoms with Crippen molar-refractivity contribution in [3.63, 3.8) is 0 Å². The summed E-state index contributed by atoms with van der Waals surface area (Å²) in [5.74, 6) is 2.42. The Morgan fingerprint density at radius 3 is 1.91 bits per heavy atom. The van der Waals surface area contributed by atoms with Gasteiger partial charge in [0.2, 0.25) is 0 Å². The average molecular weight is 424 g/mol. The highest BCUT2D eigenvalue weighted by atomic mass is 16.5. The Kier molecular flexibility index (Phi) is 7.17. The molecule has 4 nitrogen and oxygen atoms in total. The van der Waals surface area contributed by atoms with Crippen LogP contribution in [-0.4, -0.2) is 6.29 Å². The van der Waals surface area contributed by atoms with E-state index >= 15 is 0 Å². The summed E-state index contributed by atoms with van der Waals surface area (Å²) in [5, 5.41) is 0. The predicted octanol–water partition coefficient (Wildman–Crippen LogP) is 6.38. The summed E-state index contributed by atoms with van der Waals surface area (Å²) >= 11 is 0. The number of ether oxygens (including phenoxy) is 3. The molecule has 0 amide bonds. The first-order valence-corrected chi connectivity index (χ1v) is 10.5. The van der Waals surface area contributed by atoms with Crippen LogP contribution in [0.5, 0.6) is 23.0 Å². The highest BCUT2D eigenvalue weighted by Gasteiger charge is 2.12. The van der Waals surface area contributed by atoms with Crippen molar-refractivity contribution in [1.82, 2.24) is 0 Å². The van der Waals surface area contributed by atoms with Crippen molar-refractivity contribution in [2.75, 3.05) is 0 Å². The molecule has 0 aliphatic rings. The minimum atomic E-state index is 0.278. The zero-order valence-corrected chi connectivity index (χ0v) is 17.6. The fraction of sp³-hybridized carbons (Fsp3) is 0.107. The number of hydrogen-bond donors (Lipinski definition) is 0. The molecule has 0 fully saturated rings. The van der Waals surface area contributed by atoms with E-state index in [0.717, 1.165) is 23.0 Å². The van der Waals surface area contributed by atoms with Crippen LogP contribution in [0.25, 0.3) is 0 Å². The van der Waals surface area contributed by atoms with Crippen molar-refractivity contribution in [1.29, 1.82) is 0 Å². The van der Waals surface area contributed by atoms with Gasteiger partial charge in [0.25, 0.3) is 0 Å². The Morgan fingerprint density at radius 1 is 0.594 bits per heavy atom. The lowest BCUT2D eigenvalue weighted by atomic mass is 10.1. The van der Waals surface area contributed by atoms with Crippen LogP contribution in [0.2, 0.25) is 0 Å². The zero-order chi connectivity index (χ0) is 22.0. The Hall–Kier alpha value is -4.05. The van der Waals surface area contributed by atoms with Gasteiger partial charge >= 0.3 is 0 Å². The summed E-state index contributed by atoms with van der Waals surface area (Å²) in [6.45, 7) is 0.865. The molecule has 0 saturated carbocycles. The van der Waals surface area contributed by atoms with Crippen LogP contribution in [0.4, 0.5) is 0 Å². The third kappa shape index (κ3) is 5.76. The van der Waals surface area contributed by atoms with Crippen LogP contribution >= 0.6 is 0 Å². The van der Waals surface area contributed by atoms with Gasteiger partial charge in [0, 0.05) is 18.1 Å². The van der Waals surface area contributed by atoms with Gasteiger partial charge in [-0.25, -0.2) is 0 Å². The number of para-hydroxylation sites is 1. The quantitative estimate of drug-likeness (QED) is 0.277. The number of benzene rings is 4. The molecule has 0 heterocycles. The maximum absolute atomic E-state index is 11.1. The lowest BCUT2D eigenvalue weighted by molar-refractivity contribution is -0.107. The van der Waals surface area contributed by atoms with Crippen LogP contribution in [0, 0.1) is 0 Å².